The fourth-order valence-corrected chi connectivity index (χ4v) is 2.15. The second kappa shape index (κ2) is 6.25. The van der Waals surface area contributed by atoms with Crippen molar-refractivity contribution in [2.24, 2.45) is 10.8 Å². The Labute approximate surface area is 119 Å². The number of nitrogens with zero attached hydrogens (tertiary/aromatic N) is 2. The van der Waals surface area contributed by atoms with E-state index in [1.807, 2.05) is 4.90 Å². The molecule has 1 heterocycles. The lowest BCUT2D eigenvalue weighted by atomic mass is 9.91. The second-order valence-electron chi connectivity index (χ2n) is 8.28. The molecule has 0 aliphatic carbocycles. The third-order valence-corrected chi connectivity index (χ3v) is 3.71. The van der Waals surface area contributed by atoms with Crippen LogP contribution < -0.4 is 0 Å². The van der Waals surface area contributed by atoms with Crippen LogP contribution in [0.2, 0.25) is 0 Å². The number of hydrogen-bond acceptors (Lipinski definition) is 2. The Kier molecular flexibility index (Phi) is 5.43. The summed E-state index contributed by atoms with van der Waals surface area (Å²) in [4.78, 5) is 16.5. The molecule has 3 nitrogen and oxygen atoms in total. The minimum Gasteiger partial charge on any atom is -0.340 e. The van der Waals surface area contributed by atoms with E-state index in [0.29, 0.717) is 23.3 Å². The van der Waals surface area contributed by atoms with Gasteiger partial charge >= 0.3 is 0 Å². The first-order valence-electron chi connectivity index (χ1n) is 7.57. The van der Waals surface area contributed by atoms with Gasteiger partial charge in [0.1, 0.15) is 0 Å². The molecule has 1 fully saturated rings. The van der Waals surface area contributed by atoms with Gasteiger partial charge in [-0.25, -0.2) is 0 Å². The zero-order valence-electron chi connectivity index (χ0n) is 13.8. The summed E-state index contributed by atoms with van der Waals surface area (Å²) in [5.74, 6) is 0.310. The van der Waals surface area contributed by atoms with Crippen molar-refractivity contribution in [3.05, 3.63) is 0 Å². The van der Waals surface area contributed by atoms with E-state index in [4.69, 9.17) is 0 Å². The third kappa shape index (κ3) is 6.95. The smallest absolute Gasteiger partial charge is 0.236 e. The summed E-state index contributed by atoms with van der Waals surface area (Å²) in [5.41, 5.74) is 0.663. The predicted molar refractivity (Wildman–Crippen MR) is 81.2 cm³/mol. The lowest BCUT2D eigenvalue weighted by Crippen LogP contribution is -2.51. The zero-order valence-corrected chi connectivity index (χ0v) is 13.8. The molecule has 0 unspecified atom stereocenters. The molecule has 1 aliphatic heterocycles. The average molecular weight is 268 g/mol. The normalized spacial score (nSPS) is 19.1. The minimum absolute atomic E-state index is 0.309. The van der Waals surface area contributed by atoms with Crippen molar-refractivity contribution in [3.8, 4) is 0 Å². The first-order valence-corrected chi connectivity index (χ1v) is 7.57. The molecule has 3 heteroatoms. The highest BCUT2D eigenvalue weighted by Crippen LogP contribution is 2.21. The van der Waals surface area contributed by atoms with Crippen LogP contribution in [0.3, 0.4) is 0 Å². The van der Waals surface area contributed by atoms with Gasteiger partial charge in [-0.05, 0) is 30.2 Å². The van der Waals surface area contributed by atoms with Crippen LogP contribution in [0.1, 0.15) is 54.4 Å². The van der Waals surface area contributed by atoms with Gasteiger partial charge in [-0.3, -0.25) is 9.69 Å². The van der Waals surface area contributed by atoms with Gasteiger partial charge in [-0.1, -0.05) is 41.5 Å². The minimum atomic E-state index is 0.309. The fourth-order valence-electron chi connectivity index (χ4n) is 2.15. The van der Waals surface area contributed by atoms with E-state index in [1.165, 1.54) is 0 Å². The van der Waals surface area contributed by atoms with Crippen LogP contribution in [-0.2, 0) is 4.79 Å². The molecule has 0 N–H and O–H groups in total. The maximum atomic E-state index is 12.1. The van der Waals surface area contributed by atoms with E-state index < -0.39 is 0 Å². The molecule has 0 radical (unpaired) electrons. The molecule has 0 bridgehead atoms. The number of carbonyl (C=O) groups is 1. The Morgan fingerprint density at radius 3 is 1.89 bits per heavy atom. The molecule has 0 atom stereocenters. The van der Waals surface area contributed by atoms with Crippen molar-refractivity contribution in [2.75, 3.05) is 32.7 Å². The van der Waals surface area contributed by atoms with Gasteiger partial charge in [0.05, 0.1) is 6.54 Å². The van der Waals surface area contributed by atoms with Crippen LogP contribution in [0.25, 0.3) is 0 Å². The van der Waals surface area contributed by atoms with Crippen LogP contribution in [0.15, 0.2) is 0 Å². The van der Waals surface area contributed by atoms with Gasteiger partial charge in [-0.2, -0.15) is 0 Å². The van der Waals surface area contributed by atoms with Gasteiger partial charge in [0, 0.05) is 19.6 Å². The highest BCUT2D eigenvalue weighted by Gasteiger charge is 2.25. The van der Waals surface area contributed by atoms with Crippen molar-refractivity contribution in [2.45, 2.75) is 54.4 Å². The monoisotopic (exact) mass is 268 g/mol. The number of hydrogen-bond donors (Lipinski definition) is 0. The molecule has 1 rings (SSSR count). The lowest BCUT2D eigenvalue weighted by molar-refractivity contribution is -0.136. The summed E-state index contributed by atoms with van der Waals surface area (Å²) in [6, 6.07) is 0. The van der Waals surface area contributed by atoms with Crippen LogP contribution in [-0.4, -0.2) is 48.4 Å². The molecule has 1 saturated heterocycles. The summed E-state index contributed by atoms with van der Waals surface area (Å²) in [6.45, 7) is 18.0. The van der Waals surface area contributed by atoms with E-state index in [2.05, 4.69) is 46.4 Å². The van der Waals surface area contributed by atoms with Crippen molar-refractivity contribution in [1.82, 2.24) is 9.80 Å². The summed E-state index contributed by atoms with van der Waals surface area (Å²) < 4.78 is 0. The Hall–Kier alpha value is -0.570. The molecule has 0 spiro atoms. The van der Waals surface area contributed by atoms with E-state index in [-0.39, 0.29) is 0 Å². The van der Waals surface area contributed by atoms with Crippen molar-refractivity contribution in [3.63, 3.8) is 0 Å². The van der Waals surface area contributed by atoms with Gasteiger partial charge in [0.2, 0.25) is 5.91 Å². The summed E-state index contributed by atoms with van der Waals surface area (Å²) in [5, 5.41) is 0. The van der Waals surface area contributed by atoms with Gasteiger partial charge in [0.15, 0.2) is 0 Å². The fraction of sp³-hybridized carbons (Fsp3) is 0.938. The van der Waals surface area contributed by atoms with Crippen molar-refractivity contribution < 1.29 is 4.79 Å². The van der Waals surface area contributed by atoms with Crippen molar-refractivity contribution in [1.29, 1.82) is 0 Å². The molecule has 0 aromatic carbocycles. The van der Waals surface area contributed by atoms with Crippen LogP contribution >= 0.6 is 0 Å². The Balaban J connectivity index is 2.33. The zero-order chi connectivity index (χ0) is 14.7. The van der Waals surface area contributed by atoms with E-state index in [1.54, 1.807) is 0 Å². The van der Waals surface area contributed by atoms with E-state index >= 15 is 0 Å². The number of rotatable bonds is 4. The number of amides is 1. The Morgan fingerprint density at radius 1 is 0.895 bits per heavy atom. The molecule has 0 saturated carbocycles. The molecule has 1 aliphatic rings. The van der Waals surface area contributed by atoms with Crippen LogP contribution in [0.5, 0.6) is 0 Å². The van der Waals surface area contributed by atoms with E-state index in [9.17, 15) is 4.79 Å². The highest BCUT2D eigenvalue weighted by atomic mass is 16.2. The molecular weight excluding hydrogens is 236 g/mol. The largest absolute Gasteiger partial charge is 0.340 e. The predicted octanol–water partition coefficient (Wildman–Crippen LogP) is 3.00. The molecule has 1 amide bonds. The first kappa shape index (κ1) is 16.5. The second-order valence-corrected chi connectivity index (χ2v) is 8.28. The lowest BCUT2D eigenvalue weighted by Gasteiger charge is -2.36. The van der Waals surface area contributed by atoms with Gasteiger partial charge in [0.25, 0.3) is 0 Å². The number of carbonyl (C=O) groups excluding carboxylic acids is 1. The van der Waals surface area contributed by atoms with E-state index in [0.717, 1.165) is 39.0 Å². The molecule has 0 aromatic rings. The van der Waals surface area contributed by atoms with Crippen LogP contribution in [0, 0.1) is 10.8 Å². The third-order valence-electron chi connectivity index (χ3n) is 3.71. The van der Waals surface area contributed by atoms with Crippen molar-refractivity contribution >= 4 is 5.91 Å². The van der Waals surface area contributed by atoms with Gasteiger partial charge in [-0.15, -0.1) is 0 Å². The Morgan fingerprint density at radius 2 is 1.42 bits per heavy atom. The molecule has 19 heavy (non-hydrogen) atoms. The molecule has 112 valence electrons. The average Bonchev–Trinajstić information content (AvgIpc) is 2.22. The molecular formula is C16H32N2O. The SMILES string of the molecule is CC(C)(C)CCN1CCN(CCC(C)(C)C)C(=O)C1. The summed E-state index contributed by atoms with van der Waals surface area (Å²) in [6.07, 6.45) is 2.24. The standard InChI is InChI=1S/C16H32N2O/c1-15(2,3)7-9-17-11-12-18(14(19)13-17)10-8-16(4,5)6/h7-13H2,1-6H3. The van der Waals surface area contributed by atoms with Gasteiger partial charge < -0.3 is 4.90 Å². The molecule has 0 aromatic heterocycles. The summed E-state index contributed by atoms with van der Waals surface area (Å²) >= 11 is 0. The highest BCUT2D eigenvalue weighted by molar-refractivity contribution is 5.79. The topological polar surface area (TPSA) is 23.6 Å². The summed E-state index contributed by atoms with van der Waals surface area (Å²) in [7, 11) is 0. The first-order chi connectivity index (χ1) is 8.57. The maximum absolute atomic E-state index is 12.1. The maximum Gasteiger partial charge on any atom is 0.236 e. The van der Waals surface area contributed by atoms with Crippen LogP contribution in [0.4, 0.5) is 0 Å². The number of piperazine rings is 1. The Bertz CT molecular complexity index is 299. The quantitative estimate of drug-likeness (QED) is 0.782.